The van der Waals surface area contributed by atoms with E-state index in [-0.39, 0.29) is 25.3 Å². The van der Waals surface area contributed by atoms with Gasteiger partial charge in [0.2, 0.25) is 0 Å². The summed E-state index contributed by atoms with van der Waals surface area (Å²) in [6.45, 7) is 0.350. The fraction of sp³-hybridized carbons (Fsp3) is 0.857. The molecule has 1 unspecified atom stereocenters. The van der Waals surface area contributed by atoms with Crippen LogP contribution >= 0.6 is 0 Å². The molecule has 0 aromatic rings. The van der Waals surface area contributed by atoms with Gasteiger partial charge in [-0.25, -0.2) is 0 Å². The van der Waals surface area contributed by atoms with Crippen LogP contribution in [-0.2, 0) is 0 Å². The Bertz CT molecular complexity index is 229. The first-order chi connectivity index (χ1) is 6.43. The van der Waals surface area contributed by atoms with E-state index in [1.165, 1.54) is 4.90 Å². The Kier molecular flexibility index (Phi) is 3.20. The number of nitrogens with two attached hydrogens (primary N) is 1. The molecule has 14 heavy (non-hydrogen) atoms. The second kappa shape index (κ2) is 4.04. The van der Waals surface area contributed by atoms with Crippen LogP contribution in [0.4, 0.5) is 13.2 Å². The highest BCUT2D eigenvalue weighted by Gasteiger charge is 2.43. The zero-order chi connectivity index (χ0) is 10.8. The predicted molar refractivity (Wildman–Crippen MR) is 44.0 cm³/mol. The molecule has 0 aliphatic carbocycles. The summed E-state index contributed by atoms with van der Waals surface area (Å²) in [6, 6.07) is 0. The maximum Gasteiger partial charge on any atom is 0.393 e. The second-order valence-corrected chi connectivity index (χ2v) is 3.35. The zero-order valence-corrected chi connectivity index (χ0v) is 7.46. The van der Waals surface area contributed by atoms with Crippen LogP contribution in [0.1, 0.15) is 6.42 Å². The van der Waals surface area contributed by atoms with Gasteiger partial charge in [0.25, 0.3) is 0 Å². The van der Waals surface area contributed by atoms with Crippen molar-refractivity contribution < 1.29 is 18.4 Å². The lowest BCUT2D eigenvalue weighted by atomic mass is 10.1. The Balaban J connectivity index is 2.42. The third-order valence-electron chi connectivity index (χ3n) is 2.25. The Morgan fingerprint density at radius 2 is 2.21 bits per heavy atom. The van der Waals surface area contributed by atoms with Gasteiger partial charge < -0.3 is 10.9 Å². The lowest BCUT2D eigenvalue weighted by Crippen LogP contribution is -2.34. The molecule has 1 atom stereocenters. The highest BCUT2D eigenvalue weighted by molar-refractivity contribution is 5.81. The van der Waals surface area contributed by atoms with Crippen molar-refractivity contribution in [3.63, 3.8) is 0 Å². The van der Waals surface area contributed by atoms with E-state index in [1.807, 2.05) is 0 Å². The SMILES string of the molecule is N/C(CN1CCC(C(F)(F)F)C1)=N\O. The van der Waals surface area contributed by atoms with Crippen molar-refractivity contribution in [1.29, 1.82) is 0 Å². The maximum atomic E-state index is 12.2. The average molecular weight is 211 g/mol. The van der Waals surface area contributed by atoms with Gasteiger partial charge in [-0.3, -0.25) is 4.90 Å². The van der Waals surface area contributed by atoms with Crippen LogP contribution in [0, 0.1) is 5.92 Å². The molecule has 0 bridgehead atoms. The fourth-order valence-electron chi connectivity index (χ4n) is 1.50. The third-order valence-corrected chi connectivity index (χ3v) is 2.25. The molecule has 82 valence electrons. The van der Waals surface area contributed by atoms with Gasteiger partial charge in [-0.1, -0.05) is 5.16 Å². The van der Waals surface area contributed by atoms with Gasteiger partial charge in [-0.15, -0.1) is 0 Å². The molecule has 1 saturated heterocycles. The molecule has 3 N–H and O–H groups in total. The van der Waals surface area contributed by atoms with Crippen molar-refractivity contribution in [2.75, 3.05) is 19.6 Å². The molecule has 1 rings (SSSR count). The highest BCUT2D eigenvalue weighted by Crippen LogP contribution is 2.33. The van der Waals surface area contributed by atoms with Crippen molar-refractivity contribution in [3.05, 3.63) is 0 Å². The minimum Gasteiger partial charge on any atom is -0.409 e. The predicted octanol–water partition coefficient (Wildman–Crippen LogP) is 0.617. The largest absolute Gasteiger partial charge is 0.409 e. The van der Waals surface area contributed by atoms with E-state index in [1.54, 1.807) is 0 Å². The van der Waals surface area contributed by atoms with Crippen LogP contribution in [-0.4, -0.2) is 41.8 Å². The van der Waals surface area contributed by atoms with E-state index in [0.29, 0.717) is 6.54 Å². The van der Waals surface area contributed by atoms with Gasteiger partial charge in [0.15, 0.2) is 5.84 Å². The molecule has 1 heterocycles. The summed E-state index contributed by atoms with van der Waals surface area (Å²) < 4.78 is 36.6. The smallest absolute Gasteiger partial charge is 0.393 e. The van der Waals surface area contributed by atoms with Crippen LogP contribution in [0.2, 0.25) is 0 Å². The van der Waals surface area contributed by atoms with Crippen LogP contribution in [0.3, 0.4) is 0 Å². The van der Waals surface area contributed by atoms with E-state index < -0.39 is 12.1 Å². The molecule has 1 aliphatic rings. The van der Waals surface area contributed by atoms with Crippen LogP contribution in [0.5, 0.6) is 0 Å². The lowest BCUT2D eigenvalue weighted by molar-refractivity contribution is -0.170. The van der Waals surface area contributed by atoms with Crippen molar-refractivity contribution in [3.8, 4) is 0 Å². The summed E-state index contributed by atoms with van der Waals surface area (Å²) in [6.07, 6.45) is -4.05. The monoisotopic (exact) mass is 211 g/mol. The number of nitrogens with zero attached hydrogens (tertiary/aromatic N) is 2. The van der Waals surface area contributed by atoms with Gasteiger partial charge >= 0.3 is 6.18 Å². The third kappa shape index (κ3) is 2.76. The highest BCUT2D eigenvalue weighted by atomic mass is 19.4. The Morgan fingerprint density at radius 3 is 2.64 bits per heavy atom. The first-order valence-electron chi connectivity index (χ1n) is 4.19. The number of rotatable bonds is 2. The molecule has 7 heteroatoms. The quantitative estimate of drug-likeness (QED) is 0.304. The van der Waals surface area contributed by atoms with E-state index in [4.69, 9.17) is 10.9 Å². The summed E-state index contributed by atoms with van der Waals surface area (Å²) in [5.41, 5.74) is 5.18. The number of hydrogen-bond donors (Lipinski definition) is 2. The molecule has 4 nitrogen and oxygen atoms in total. The minimum atomic E-state index is -4.14. The Morgan fingerprint density at radius 1 is 1.57 bits per heavy atom. The summed E-state index contributed by atoms with van der Waals surface area (Å²) in [7, 11) is 0. The summed E-state index contributed by atoms with van der Waals surface area (Å²) in [5, 5.41) is 10.9. The first kappa shape index (κ1) is 11.1. The number of amidine groups is 1. The second-order valence-electron chi connectivity index (χ2n) is 3.35. The molecule has 1 aliphatic heterocycles. The molecule has 0 spiro atoms. The molecular weight excluding hydrogens is 199 g/mol. The van der Waals surface area contributed by atoms with Gasteiger partial charge in [0.05, 0.1) is 12.5 Å². The topological polar surface area (TPSA) is 61.8 Å². The molecule has 0 saturated carbocycles. The average Bonchev–Trinajstić information content (AvgIpc) is 2.51. The van der Waals surface area contributed by atoms with E-state index >= 15 is 0 Å². The van der Waals surface area contributed by atoms with Gasteiger partial charge in [0, 0.05) is 6.54 Å². The Labute approximate surface area is 79.2 Å². The van der Waals surface area contributed by atoms with E-state index in [2.05, 4.69) is 5.16 Å². The number of hydrogen-bond acceptors (Lipinski definition) is 3. The first-order valence-corrected chi connectivity index (χ1v) is 4.19. The van der Waals surface area contributed by atoms with Crippen LogP contribution in [0.15, 0.2) is 5.16 Å². The van der Waals surface area contributed by atoms with Crippen molar-refractivity contribution in [2.24, 2.45) is 16.8 Å². The normalized spacial score (nSPS) is 25.6. The van der Waals surface area contributed by atoms with Gasteiger partial charge in [0.1, 0.15) is 0 Å². The summed E-state index contributed by atoms with van der Waals surface area (Å²) in [4.78, 5) is 1.52. The van der Waals surface area contributed by atoms with Gasteiger partial charge in [-0.2, -0.15) is 13.2 Å². The number of oxime groups is 1. The van der Waals surface area contributed by atoms with Crippen LogP contribution in [0.25, 0.3) is 0 Å². The Hall–Kier alpha value is -0.980. The minimum absolute atomic E-state index is 0.0622. The molecular formula is C7H12F3N3O. The molecule has 0 radical (unpaired) electrons. The summed E-state index contributed by atoms with van der Waals surface area (Å²) >= 11 is 0. The van der Waals surface area contributed by atoms with E-state index in [9.17, 15) is 13.2 Å². The molecule has 0 amide bonds. The van der Waals surface area contributed by atoms with Crippen molar-refractivity contribution in [1.82, 2.24) is 4.90 Å². The fourth-order valence-corrected chi connectivity index (χ4v) is 1.50. The van der Waals surface area contributed by atoms with Gasteiger partial charge in [-0.05, 0) is 13.0 Å². The van der Waals surface area contributed by atoms with Crippen molar-refractivity contribution in [2.45, 2.75) is 12.6 Å². The zero-order valence-electron chi connectivity index (χ0n) is 7.46. The molecule has 1 fully saturated rings. The van der Waals surface area contributed by atoms with Crippen molar-refractivity contribution >= 4 is 5.84 Å². The molecule has 0 aromatic carbocycles. The van der Waals surface area contributed by atoms with Crippen LogP contribution < -0.4 is 5.73 Å². The molecule has 0 aromatic heterocycles. The standard InChI is InChI=1S/C7H12F3N3O/c8-7(9,10)5-1-2-13(3-5)4-6(11)12-14/h5,14H,1-4H2,(H2,11,12). The summed E-state index contributed by atoms with van der Waals surface area (Å²) in [5.74, 6) is -1.35. The number of alkyl halides is 3. The van der Waals surface area contributed by atoms with E-state index in [0.717, 1.165) is 0 Å². The number of likely N-dealkylation sites (tertiary alicyclic amines) is 1. The lowest BCUT2D eigenvalue weighted by Gasteiger charge is -2.16. The number of halogens is 3. The maximum absolute atomic E-state index is 12.2.